The molecule has 0 heterocycles. The lowest BCUT2D eigenvalue weighted by Crippen LogP contribution is -2.26. The normalized spacial score (nSPS) is 15.0. The topological polar surface area (TPSA) is 66.4 Å². The first-order valence-electron chi connectivity index (χ1n) is 6.89. The third-order valence-corrected chi connectivity index (χ3v) is 3.48. The Bertz CT molecular complexity index is 566. The maximum atomic E-state index is 12.2. The number of hydrogen-bond donors (Lipinski definition) is 2. The molecule has 1 saturated carbocycles. The summed E-state index contributed by atoms with van der Waals surface area (Å²) in [5, 5.41) is 13.2. The number of phenols is 1. The molecule has 0 aromatic heterocycles. The highest BCUT2D eigenvalue weighted by Crippen LogP contribution is 2.35. The van der Waals surface area contributed by atoms with Gasteiger partial charge in [-0.1, -0.05) is 20.8 Å². The zero-order valence-corrected chi connectivity index (χ0v) is 12.4. The summed E-state index contributed by atoms with van der Waals surface area (Å²) in [6.07, 6.45) is 1.95. The van der Waals surface area contributed by atoms with E-state index in [-0.39, 0.29) is 34.5 Å². The summed E-state index contributed by atoms with van der Waals surface area (Å²) in [5.41, 5.74) is 0.916. The van der Waals surface area contributed by atoms with Crippen molar-refractivity contribution in [2.45, 2.75) is 52.0 Å². The van der Waals surface area contributed by atoms with E-state index in [1.807, 2.05) is 20.8 Å². The number of nitrogens with one attached hydrogen (secondary N) is 1. The van der Waals surface area contributed by atoms with Gasteiger partial charge in [0.25, 0.3) is 5.91 Å². The van der Waals surface area contributed by atoms with Crippen LogP contribution in [0, 0.1) is 0 Å². The number of carbonyl (C=O) groups excluding carboxylic acids is 2. The van der Waals surface area contributed by atoms with Crippen LogP contribution in [-0.2, 0) is 5.41 Å². The molecular formula is C16H21NO3. The molecule has 1 aliphatic carbocycles. The van der Waals surface area contributed by atoms with Crippen molar-refractivity contribution in [1.29, 1.82) is 0 Å². The maximum Gasteiger partial charge on any atom is 0.255 e. The summed E-state index contributed by atoms with van der Waals surface area (Å²) in [6.45, 7) is 7.28. The van der Waals surface area contributed by atoms with Gasteiger partial charge in [0.15, 0.2) is 5.78 Å². The largest absolute Gasteiger partial charge is 0.507 e. The van der Waals surface area contributed by atoms with Crippen LogP contribution in [0.4, 0.5) is 0 Å². The molecule has 108 valence electrons. The fourth-order valence-electron chi connectivity index (χ4n) is 2.07. The van der Waals surface area contributed by atoms with Crippen molar-refractivity contribution in [2.75, 3.05) is 0 Å². The van der Waals surface area contributed by atoms with Crippen molar-refractivity contribution >= 4 is 11.7 Å². The lowest BCUT2D eigenvalue weighted by atomic mass is 9.83. The summed E-state index contributed by atoms with van der Waals surface area (Å²) in [6, 6.07) is 3.36. The lowest BCUT2D eigenvalue weighted by molar-refractivity contribution is 0.0948. The standard InChI is InChI=1S/C16H21NO3/c1-9(18)10-7-12(15(20)17-11-5-6-11)14(19)13(8-10)16(2,3)4/h7-8,11,19H,5-6H2,1-4H3,(H,17,20). The predicted molar refractivity (Wildman–Crippen MR) is 77.3 cm³/mol. The zero-order chi connectivity index (χ0) is 15.1. The molecule has 0 saturated heterocycles. The van der Waals surface area contributed by atoms with Crippen molar-refractivity contribution in [1.82, 2.24) is 5.32 Å². The molecule has 0 bridgehead atoms. The molecule has 0 unspecified atom stereocenters. The minimum absolute atomic E-state index is 0.0272. The van der Waals surface area contributed by atoms with Gasteiger partial charge in [-0.25, -0.2) is 0 Å². The highest BCUT2D eigenvalue weighted by molar-refractivity contribution is 6.02. The highest BCUT2D eigenvalue weighted by Gasteiger charge is 2.28. The number of Topliss-reactive ketones (excluding diaryl/α,β-unsaturated/α-hetero) is 1. The molecule has 4 heteroatoms. The summed E-state index contributed by atoms with van der Waals surface area (Å²) < 4.78 is 0. The first-order valence-corrected chi connectivity index (χ1v) is 6.89. The maximum absolute atomic E-state index is 12.2. The van der Waals surface area contributed by atoms with E-state index in [4.69, 9.17) is 0 Å². The molecule has 20 heavy (non-hydrogen) atoms. The number of hydrogen-bond acceptors (Lipinski definition) is 3. The van der Waals surface area contributed by atoms with Crippen molar-refractivity contribution in [3.63, 3.8) is 0 Å². The van der Waals surface area contributed by atoms with Crippen LogP contribution in [0.15, 0.2) is 12.1 Å². The second kappa shape index (κ2) is 4.93. The predicted octanol–water partition coefficient (Wildman–Crippen LogP) is 2.78. The number of amides is 1. The molecule has 1 aliphatic rings. The summed E-state index contributed by atoms with van der Waals surface area (Å²) >= 11 is 0. The molecule has 1 fully saturated rings. The molecule has 0 aliphatic heterocycles. The average Bonchev–Trinajstić information content (AvgIpc) is 3.11. The minimum Gasteiger partial charge on any atom is -0.507 e. The molecular weight excluding hydrogens is 254 g/mol. The van der Waals surface area contributed by atoms with Gasteiger partial charge in [0.1, 0.15) is 5.75 Å². The average molecular weight is 275 g/mol. The number of ketones is 1. The minimum atomic E-state index is -0.343. The van der Waals surface area contributed by atoms with Crippen molar-refractivity contribution in [2.24, 2.45) is 0 Å². The number of aromatic hydroxyl groups is 1. The zero-order valence-electron chi connectivity index (χ0n) is 12.4. The van der Waals surface area contributed by atoms with Gasteiger partial charge < -0.3 is 10.4 Å². The van der Waals surface area contributed by atoms with Crippen LogP contribution >= 0.6 is 0 Å². The molecule has 1 aromatic carbocycles. The van der Waals surface area contributed by atoms with E-state index < -0.39 is 0 Å². The molecule has 1 amide bonds. The molecule has 0 spiro atoms. The van der Waals surface area contributed by atoms with Crippen LogP contribution in [0.2, 0.25) is 0 Å². The molecule has 1 aromatic rings. The second-order valence-corrected chi connectivity index (χ2v) is 6.47. The summed E-state index contributed by atoms with van der Waals surface area (Å²) in [7, 11) is 0. The monoisotopic (exact) mass is 275 g/mol. The Balaban J connectivity index is 2.50. The van der Waals surface area contributed by atoms with Crippen LogP contribution in [-0.4, -0.2) is 22.8 Å². The molecule has 2 N–H and O–H groups in total. The van der Waals surface area contributed by atoms with Gasteiger partial charge >= 0.3 is 0 Å². The second-order valence-electron chi connectivity index (χ2n) is 6.47. The van der Waals surface area contributed by atoms with Gasteiger partial charge in [-0.05, 0) is 37.3 Å². The van der Waals surface area contributed by atoms with Crippen LogP contribution in [0.1, 0.15) is 66.8 Å². The van der Waals surface area contributed by atoms with Crippen molar-refractivity contribution in [3.8, 4) is 5.75 Å². The van der Waals surface area contributed by atoms with E-state index in [2.05, 4.69) is 5.32 Å². The van der Waals surface area contributed by atoms with E-state index in [0.717, 1.165) is 12.8 Å². The van der Waals surface area contributed by atoms with Gasteiger partial charge in [0.05, 0.1) is 5.56 Å². The van der Waals surface area contributed by atoms with E-state index in [1.165, 1.54) is 13.0 Å². The van der Waals surface area contributed by atoms with Gasteiger partial charge in [-0.15, -0.1) is 0 Å². The first kappa shape index (κ1) is 14.6. The Morgan fingerprint density at radius 1 is 1.25 bits per heavy atom. The van der Waals surface area contributed by atoms with Crippen LogP contribution in [0.5, 0.6) is 5.75 Å². The van der Waals surface area contributed by atoms with Gasteiger partial charge in [0.2, 0.25) is 0 Å². The third kappa shape index (κ3) is 3.00. The van der Waals surface area contributed by atoms with E-state index in [0.29, 0.717) is 11.1 Å². The van der Waals surface area contributed by atoms with Gasteiger partial charge in [0, 0.05) is 17.2 Å². The fraction of sp³-hybridized carbons (Fsp3) is 0.500. The smallest absolute Gasteiger partial charge is 0.255 e. The van der Waals surface area contributed by atoms with Crippen LogP contribution < -0.4 is 5.32 Å². The van der Waals surface area contributed by atoms with Gasteiger partial charge in [-0.2, -0.15) is 0 Å². The Morgan fingerprint density at radius 2 is 1.85 bits per heavy atom. The Kier molecular flexibility index (Phi) is 3.59. The summed E-state index contributed by atoms with van der Waals surface area (Å²) in [5.74, 6) is -0.449. The first-order chi connectivity index (χ1) is 9.20. The Labute approximate surface area is 119 Å². The molecule has 4 nitrogen and oxygen atoms in total. The lowest BCUT2D eigenvalue weighted by Gasteiger charge is -2.22. The quantitative estimate of drug-likeness (QED) is 0.834. The van der Waals surface area contributed by atoms with E-state index >= 15 is 0 Å². The number of carbonyl (C=O) groups is 2. The fourth-order valence-corrected chi connectivity index (χ4v) is 2.07. The summed E-state index contributed by atoms with van der Waals surface area (Å²) in [4.78, 5) is 23.8. The molecule has 0 radical (unpaired) electrons. The van der Waals surface area contributed by atoms with Crippen LogP contribution in [0.3, 0.4) is 0 Å². The number of rotatable bonds is 3. The van der Waals surface area contributed by atoms with Gasteiger partial charge in [-0.3, -0.25) is 9.59 Å². The Hall–Kier alpha value is -1.84. The van der Waals surface area contributed by atoms with E-state index in [1.54, 1.807) is 6.07 Å². The van der Waals surface area contributed by atoms with Crippen LogP contribution in [0.25, 0.3) is 0 Å². The highest BCUT2D eigenvalue weighted by atomic mass is 16.3. The molecule has 2 rings (SSSR count). The number of phenolic OH excluding ortho intramolecular Hbond substituents is 1. The van der Waals surface area contributed by atoms with Crippen molar-refractivity contribution < 1.29 is 14.7 Å². The molecule has 0 atom stereocenters. The van der Waals surface area contributed by atoms with E-state index in [9.17, 15) is 14.7 Å². The number of benzene rings is 1. The van der Waals surface area contributed by atoms with Crippen molar-refractivity contribution in [3.05, 3.63) is 28.8 Å². The third-order valence-electron chi connectivity index (χ3n) is 3.48. The SMILES string of the molecule is CC(=O)c1cc(C(=O)NC2CC2)c(O)c(C(C)(C)C)c1. The Morgan fingerprint density at radius 3 is 2.30 bits per heavy atom.